The SMILES string of the molecule is CC(C)Cc1cc(=S)nc(C2CCOC2)[nH]1. The van der Waals surface area contributed by atoms with Crippen molar-refractivity contribution in [3.05, 3.63) is 22.2 Å². The molecule has 1 aliphatic heterocycles. The summed E-state index contributed by atoms with van der Waals surface area (Å²) in [6.07, 6.45) is 2.07. The lowest BCUT2D eigenvalue weighted by Crippen LogP contribution is -2.08. The Balaban J connectivity index is 2.24. The number of rotatable bonds is 3. The molecule has 1 aliphatic rings. The van der Waals surface area contributed by atoms with Gasteiger partial charge in [-0.05, 0) is 24.8 Å². The molecule has 4 heteroatoms. The van der Waals surface area contributed by atoms with Gasteiger partial charge >= 0.3 is 0 Å². The van der Waals surface area contributed by atoms with Gasteiger partial charge in [0.15, 0.2) is 0 Å². The Morgan fingerprint density at radius 3 is 3.06 bits per heavy atom. The molecule has 88 valence electrons. The molecule has 2 heterocycles. The minimum absolute atomic E-state index is 0.397. The highest BCUT2D eigenvalue weighted by atomic mass is 32.1. The minimum Gasteiger partial charge on any atom is -0.381 e. The summed E-state index contributed by atoms with van der Waals surface area (Å²) in [6, 6.07) is 1.97. The molecule has 0 radical (unpaired) electrons. The van der Waals surface area contributed by atoms with E-state index in [0.29, 0.717) is 16.5 Å². The second kappa shape index (κ2) is 5.06. The van der Waals surface area contributed by atoms with E-state index >= 15 is 0 Å². The van der Waals surface area contributed by atoms with Crippen molar-refractivity contribution in [3.8, 4) is 0 Å². The molecular weight excluding hydrogens is 220 g/mol. The second-order valence-electron chi connectivity index (χ2n) is 4.79. The molecule has 1 atom stereocenters. The quantitative estimate of drug-likeness (QED) is 0.823. The lowest BCUT2D eigenvalue weighted by atomic mass is 10.1. The van der Waals surface area contributed by atoms with Gasteiger partial charge in [0.1, 0.15) is 10.5 Å². The van der Waals surface area contributed by atoms with Gasteiger partial charge in [-0.2, -0.15) is 0 Å². The van der Waals surface area contributed by atoms with E-state index in [0.717, 1.165) is 31.9 Å². The van der Waals surface area contributed by atoms with E-state index in [4.69, 9.17) is 17.0 Å². The van der Waals surface area contributed by atoms with E-state index in [1.807, 2.05) is 6.07 Å². The third-order valence-electron chi connectivity index (χ3n) is 2.76. The smallest absolute Gasteiger partial charge is 0.130 e. The summed E-state index contributed by atoms with van der Waals surface area (Å²) < 4.78 is 6.07. The normalized spacial score (nSPS) is 20.6. The molecule has 1 N–H and O–H groups in total. The topological polar surface area (TPSA) is 37.9 Å². The molecular formula is C12H18N2OS. The molecule has 3 nitrogen and oxygen atoms in total. The summed E-state index contributed by atoms with van der Waals surface area (Å²) in [5.74, 6) is 2.02. The molecule has 0 aromatic carbocycles. The molecule has 1 saturated heterocycles. The number of hydrogen-bond acceptors (Lipinski definition) is 3. The largest absolute Gasteiger partial charge is 0.381 e. The van der Waals surface area contributed by atoms with E-state index in [-0.39, 0.29) is 0 Å². The summed E-state index contributed by atoms with van der Waals surface area (Å²) in [5.41, 5.74) is 1.19. The molecule has 1 aromatic heterocycles. The molecule has 0 amide bonds. The van der Waals surface area contributed by atoms with Gasteiger partial charge in [-0.15, -0.1) is 0 Å². The van der Waals surface area contributed by atoms with E-state index in [2.05, 4.69) is 23.8 Å². The standard InChI is InChI=1S/C12H18N2OS/c1-8(2)5-10-6-11(16)14-12(13-10)9-3-4-15-7-9/h6,8-9H,3-5,7H2,1-2H3,(H,13,14,16). The Kier molecular flexibility index (Phi) is 3.71. The maximum atomic E-state index is 5.38. The fourth-order valence-electron chi connectivity index (χ4n) is 2.02. The summed E-state index contributed by atoms with van der Waals surface area (Å²) >= 11 is 5.20. The van der Waals surface area contributed by atoms with E-state index < -0.39 is 0 Å². The average molecular weight is 238 g/mol. The highest BCUT2D eigenvalue weighted by Crippen LogP contribution is 2.22. The van der Waals surface area contributed by atoms with Gasteiger partial charge in [0, 0.05) is 18.2 Å². The van der Waals surface area contributed by atoms with Crippen molar-refractivity contribution in [1.29, 1.82) is 0 Å². The minimum atomic E-state index is 0.397. The van der Waals surface area contributed by atoms with Crippen molar-refractivity contribution in [2.24, 2.45) is 5.92 Å². The molecule has 0 bridgehead atoms. The third-order valence-corrected chi connectivity index (χ3v) is 2.97. The highest BCUT2D eigenvalue weighted by Gasteiger charge is 2.20. The molecule has 0 spiro atoms. The zero-order valence-electron chi connectivity index (χ0n) is 9.82. The van der Waals surface area contributed by atoms with Gasteiger partial charge in [0.25, 0.3) is 0 Å². The third kappa shape index (κ3) is 2.89. The van der Waals surface area contributed by atoms with Crippen LogP contribution in [0.1, 0.15) is 37.7 Å². The maximum absolute atomic E-state index is 5.38. The Hall–Kier alpha value is -0.740. The number of H-pyrrole nitrogens is 1. The van der Waals surface area contributed by atoms with Gasteiger partial charge in [-0.25, -0.2) is 4.98 Å². The van der Waals surface area contributed by atoms with Crippen LogP contribution in [0.5, 0.6) is 0 Å². The van der Waals surface area contributed by atoms with Gasteiger partial charge < -0.3 is 9.72 Å². The van der Waals surface area contributed by atoms with Crippen LogP contribution in [0.4, 0.5) is 0 Å². The van der Waals surface area contributed by atoms with Crippen molar-refractivity contribution < 1.29 is 4.74 Å². The fraction of sp³-hybridized carbons (Fsp3) is 0.667. The first-order chi connectivity index (χ1) is 7.65. The predicted molar refractivity (Wildman–Crippen MR) is 66.1 cm³/mol. The van der Waals surface area contributed by atoms with Crippen LogP contribution < -0.4 is 0 Å². The lowest BCUT2D eigenvalue weighted by molar-refractivity contribution is 0.193. The molecule has 1 fully saturated rings. The van der Waals surface area contributed by atoms with Crippen molar-refractivity contribution in [3.63, 3.8) is 0 Å². The average Bonchev–Trinajstić information content (AvgIpc) is 2.67. The molecule has 1 aromatic rings. The zero-order chi connectivity index (χ0) is 11.5. The van der Waals surface area contributed by atoms with Gasteiger partial charge in [0.05, 0.1) is 6.61 Å². The Morgan fingerprint density at radius 2 is 2.44 bits per heavy atom. The zero-order valence-corrected chi connectivity index (χ0v) is 10.6. The summed E-state index contributed by atoms with van der Waals surface area (Å²) in [5, 5.41) is 0. The summed E-state index contributed by atoms with van der Waals surface area (Å²) in [6.45, 7) is 6.01. The van der Waals surface area contributed by atoms with Crippen molar-refractivity contribution >= 4 is 12.2 Å². The van der Waals surface area contributed by atoms with Gasteiger partial charge in [-0.1, -0.05) is 26.1 Å². The number of aromatic amines is 1. The van der Waals surface area contributed by atoms with Gasteiger partial charge in [0.2, 0.25) is 0 Å². The van der Waals surface area contributed by atoms with Crippen molar-refractivity contribution in [2.75, 3.05) is 13.2 Å². The Bertz CT molecular complexity index is 408. The first-order valence-electron chi connectivity index (χ1n) is 5.83. The molecule has 2 rings (SSSR count). The Labute approximate surface area is 101 Å². The number of nitrogens with one attached hydrogen (secondary N) is 1. The van der Waals surface area contributed by atoms with Crippen molar-refractivity contribution in [2.45, 2.75) is 32.6 Å². The molecule has 16 heavy (non-hydrogen) atoms. The monoisotopic (exact) mass is 238 g/mol. The number of hydrogen-bond donors (Lipinski definition) is 1. The van der Waals surface area contributed by atoms with Crippen LogP contribution >= 0.6 is 12.2 Å². The van der Waals surface area contributed by atoms with E-state index in [1.165, 1.54) is 5.69 Å². The van der Waals surface area contributed by atoms with E-state index in [1.54, 1.807) is 0 Å². The van der Waals surface area contributed by atoms with Crippen molar-refractivity contribution in [1.82, 2.24) is 9.97 Å². The molecule has 0 aliphatic carbocycles. The molecule has 1 unspecified atom stereocenters. The van der Waals surface area contributed by atoms with Crippen LogP contribution in [-0.4, -0.2) is 23.2 Å². The highest BCUT2D eigenvalue weighted by molar-refractivity contribution is 7.71. The first kappa shape index (κ1) is 11.7. The van der Waals surface area contributed by atoms with Crippen LogP contribution in [0.2, 0.25) is 0 Å². The number of nitrogens with zero attached hydrogens (tertiary/aromatic N) is 1. The van der Waals surface area contributed by atoms with Crippen LogP contribution in [-0.2, 0) is 11.2 Å². The predicted octanol–water partition coefficient (Wildman–Crippen LogP) is 2.84. The second-order valence-corrected chi connectivity index (χ2v) is 5.21. The lowest BCUT2D eigenvalue weighted by Gasteiger charge is -2.11. The summed E-state index contributed by atoms with van der Waals surface area (Å²) in [7, 11) is 0. The van der Waals surface area contributed by atoms with Crippen LogP contribution in [0.3, 0.4) is 0 Å². The van der Waals surface area contributed by atoms with E-state index in [9.17, 15) is 0 Å². The summed E-state index contributed by atoms with van der Waals surface area (Å²) in [4.78, 5) is 7.80. The molecule has 0 saturated carbocycles. The fourth-order valence-corrected chi connectivity index (χ4v) is 2.26. The number of ether oxygens (including phenoxy) is 1. The van der Waals surface area contributed by atoms with Crippen LogP contribution in [0.25, 0.3) is 0 Å². The first-order valence-corrected chi connectivity index (χ1v) is 6.24. The Morgan fingerprint density at radius 1 is 1.62 bits per heavy atom. The van der Waals surface area contributed by atoms with Crippen LogP contribution in [0.15, 0.2) is 6.07 Å². The van der Waals surface area contributed by atoms with Crippen LogP contribution in [0, 0.1) is 10.6 Å². The van der Waals surface area contributed by atoms with Gasteiger partial charge in [-0.3, -0.25) is 0 Å². The maximum Gasteiger partial charge on any atom is 0.130 e. The number of aromatic nitrogens is 2.